The van der Waals surface area contributed by atoms with Crippen molar-refractivity contribution in [3.63, 3.8) is 0 Å². The van der Waals surface area contributed by atoms with Gasteiger partial charge in [0.25, 0.3) is 0 Å². The molecule has 0 saturated carbocycles. The lowest BCUT2D eigenvalue weighted by Crippen LogP contribution is -2.30. The number of aliphatic hydroxyl groups is 1. The van der Waals surface area contributed by atoms with Gasteiger partial charge in [-0.15, -0.1) is 0 Å². The van der Waals surface area contributed by atoms with Gasteiger partial charge in [0, 0.05) is 18.4 Å². The second-order valence-electron chi connectivity index (χ2n) is 4.48. The Morgan fingerprint density at radius 1 is 1.19 bits per heavy atom. The monoisotopic (exact) mass is 249 g/mol. The van der Waals surface area contributed by atoms with Crippen LogP contribution >= 0.6 is 11.8 Å². The van der Waals surface area contributed by atoms with Crippen LogP contribution in [0.3, 0.4) is 0 Å². The molecule has 0 bridgehead atoms. The third-order valence-corrected chi connectivity index (χ3v) is 3.65. The molecule has 1 unspecified atom stereocenters. The number of hydrogen-bond acceptors (Lipinski definition) is 4. The number of rotatable bonds is 11. The Balaban J connectivity index is 3.14. The van der Waals surface area contributed by atoms with Gasteiger partial charge in [0.2, 0.25) is 0 Å². The summed E-state index contributed by atoms with van der Waals surface area (Å²) in [5.41, 5.74) is 0. The highest BCUT2D eigenvalue weighted by Crippen LogP contribution is 2.08. The van der Waals surface area contributed by atoms with Crippen LogP contribution in [0.25, 0.3) is 0 Å². The van der Waals surface area contributed by atoms with Crippen LogP contribution in [0.1, 0.15) is 27.2 Å². The van der Waals surface area contributed by atoms with Gasteiger partial charge in [-0.1, -0.05) is 13.8 Å². The van der Waals surface area contributed by atoms with E-state index >= 15 is 0 Å². The molecule has 0 fully saturated rings. The molecule has 4 heteroatoms. The van der Waals surface area contributed by atoms with E-state index in [1.54, 1.807) is 0 Å². The summed E-state index contributed by atoms with van der Waals surface area (Å²) in [7, 11) is 0. The Bertz CT molecular complexity index is 145. The molecule has 16 heavy (non-hydrogen) atoms. The highest BCUT2D eigenvalue weighted by molar-refractivity contribution is 7.99. The summed E-state index contributed by atoms with van der Waals surface area (Å²) in [5, 5.41) is 12.0. The zero-order valence-electron chi connectivity index (χ0n) is 10.9. The molecule has 0 saturated heterocycles. The molecule has 0 aliphatic carbocycles. The SMILES string of the molecule is CC(C)CSCC(C)NCCCOCCO. The van der Waals surface area contributed by atoms with Crippen LogP contribution in [-0.2, 0) is 4.74 Å². The zero-order valence-corrected chi connectivity index (χ0v) is 11.7. The van der Waals surface area contributed by atoms with E-state index in [9.17, 15) is 0 Å². The summed E-state index contributed by atoms with van der Waals surface area (Å²) in [5.74, 6) is 3.20. The molecule has 0 aliphatic rings. The van der Waals surface area contributed by atoms with E-state index in [0.29, 0.717) is 12.6 Å². The minimum Gasteiger partial charge on any atom is -0.394 e. The van der Waals surface area contributed by atoms with Crippen molar-refractivity contribution >= 4 is 11.8 Å². The predicted molar refractivity (Wildman–Crippen MR) is 72.1 cm³/mol. The van der Waals surface area contributed by atoms with Gasteiger partial charge in [0.15, 0.2) is 0 Å². The van der Waals surface area contributed by atoms with Gasteiger partial charge in [-0.3, -0.25) is 0 Å². The van der Waals surface area contributed by atoms with E-state index in [1.165, 1.54) is 11.5 Å². The first-order valence-corrected chi connectivity index (χ1v) is 7.32. The number of aliphatic hydroxyl groups excluding tert-OH is 1. The minimum atomic E-state index is 0.121. The smallest absolute Gasteiger partial charge is 0.0697 e. The summed E-state index contributed by atoms with van der Waals surface area (Å²) < 4.78 is 5.18. The molecule has 0 aromatic rings. The van der Waals surface area contributed by atoms with Gasteiger partial charge < -0.3 is 15.2 Å². The highest BCUT2D eigenvalue weighted by Gasteiger charge is 2.01. The first-order valence-electron chi connectivity index (χ1n) is 6.16. The summed E-state index contributed by atoms with van der Waals surface area (Å²) >= 11 is 2.01. The van der Waals surface area contributed by atoms with E-state index in [0.717, 1.165) is 25.5 Å². The van der Waals surface area contributed by atoms with Crippen LogP contribution in [0.5, 0.6) is 0 Å². The molecule has 0 heterocycles. The van der Waals surface area contributed by atoms with Gasteiger partial charge >= 0.3 is 0 Å². The zero-order chi connectivity index (χ0) is 12.2. The van der Waals surface area contributed by atoms with Gasteiger partial charge in [0.1, 0.15) is 0 Å². The summed E-state index contributed by atoms with van der Waals surface area (Å²) in [6.45, 7) is 9.04. The number of nitrogens with one attached hydrogen (secondary N) is 1. The average Bonchev–Trinajstić information content (AvgIpc) is 2.22. The van der Waals surface area contributed by atoms with Crippen LogP contribution in [-0.4, -0.2) is 49.0 Å². The average molecular weight is 249 g/mol. The van der Waals surface area contributed by atoms with E-state index in [1.807, 2.05) is 11.8 Å². The predicted octanol–water partition coefficient (Wildman–Crippen LogP) is 1.75. The van der Waals surface area contributed by atoms with Crippen molar-refractivity contribution in [2.24, 2.45) is 5.92 Å². The first-order chi connectivity index (χ1) is 7.66. The molecule has 0 aromatic heterocycles. The Hall–Kier alpha value is 0.230. The molecule has 0 aromatic carbocycles. The first kappa shape index (κ1) is 16.2. The second kappa shape index (κ2) is 11.7. The molecule has 0 spiro atoms. The van der Waals surface area contributed by atoms with Crippen molar-refractivity contribution in [1.29, 1.82) is 0 Å². The fraction of sp³-hybridized carbons (Fsp3) is 1.00. The molecule has 0 amide bonds. The maximum absolute atomic E-state index is 8.51. The van der Waals surface area contributed by atoms with E-state index < -0.39 is 0 Å². The normalized spacial score (nSPS) is 13.3. The Morgan fingerprint density at radius 3 is 2.56 bits per heavy atom. The van der Waals surface area contributed by atoms with Gasteiger partial charge in [0.05, 0.1) is 13.2 Å². The molecule has 0 aliphatic heterocycles. The molecule has 98 valence electrons. The fourth-order valence-corrected chi connectivity index (χ4v) is 2.31. The van der Waals surface area contributed by atoms with Crippen LogP contribution in [0.15, 0.2) is 0 Å². The molecule has 0 radical (unpaired) electrons. The maximum atomic E-state index is 8.51. The molecule has 0 rings (SSSR count). The summed E-state index contributed by atoms with van der Waals surface area (Å²) in [6.07, 6.45) is 1.01. The van der Waals surface area contributed by atoms with Crippen LogP contribution < -0.4 is 5.32 Å². The van der Waals surface area contributed by atoms with Crippen molar-refractivity contribution in [3.8, 4) is 0 Å². The summed E-state index contributed by atoms with van der Waals surface area (Å²) in [6, 6.07) is 0.571. The fourth-order valence-electron chi connectivity index (χ4n) is 1.23. The van der Waals surface area contributed by atoms with Crippen molar-refractivity contribution in [3.05, 3.63) is 0 Å². The van der Waals surface area contributed by atoms with Crippen molar-refractivity contribution in [2.75, 3.05) is 37.9 Å². The third-order valence-electron chi connectivity index (χ3n) is 2.01. The maximum Gasteiger partial charge on any atom is 0.0697 e. The van der Waals surface area contributed by atoms with Crippen LogP contribution in [0, 0.1) is 5.92 Å². The lowest BCUT2D eigenvalue weighted by molar-refractivity contribution is 0.0905. The second-order valence-corrected chi connectivity index (χ2v) is 5.55. The lowest BCUT2D eigenvalue weighted by Gasteiger charge is -2.14. The van der Waals surface area contributed by atoms with Crippen molar-refractivity contribution in [2.45, 2.75) is 33.2 Å². The van der Waals surface area contributed by atoms with Gasteiger partial charge in [-0.05, 0) is 31.6 Å². The standard InChI is InChI=1S/C12H27NO2S/c1-11(2)9-16-10-12(3)13-5-4-7-15-8-6-14/h11-14H,4-10H2,1-3H3. The lowest BCUT2D eigenvalue weighted by atomic mass is 10.3. The Morgan fingerprint density at radius 2 is 1.94 bits per heavy atom. The molecule has 1 atom stereocenters. The van der Waals surface area contributed by atoms with Crippen LogP contribution in [0.4, 0.5) is 0 Å². The summed E-state index contributed by atoms with van der Waals surface area (Å²) in [4.78, 5) is 0. The van der Waals surface area contributed by atoms with Crippen LogP contribution in [0.2, 0.25) is 0 Å². The van der Waals surface area contributed by atoms with E-state index in [-0.39, 0.29) is 6.61 Å². The quantitative estimate of drug-likeness (QED) is 0.548. The molecular formula is C12H27NO2S. The number of ether oxygens (including phenoxy) is 1. The van der Waals surface area contributed by atoms with E-state index in [4.69, 9.17) is 9.84 Å². The highest BCUT2D eigenvalue weighted by atomic mass is 32.2. The largest absolute Gasteiger partial charge is 0.394 e. The minimum absolute atomic E-state index is 0.121. The van der Waals surface area contributed by atoms with E-state index in [2.05, 4.69) is 26.1 Å². The third kappa shape index (κ3) is 12.3. The Labute approximate surface area is 104 Å². The van der Waals surface area contributed by atoms with Crippen molar-refractivity contribution in [1.82, 2.24) is 5.32 Å². The van der Waals surface area contributed by atoms with Gasteiger partial charge in [-0.25, -0.2) is 0 Å². The number of hydrogen-bond donors (Lipinski definition) is 2. The van der Waals surface area contributed by atoms with Crippen molar-refractivity contribution < 1.29 is 9.84 Å². The molecule has 3 nitrogen and oxygen atoms in total. The van der Waals surface area contributed by atoms with Gasteiger partial charge in [-0.2, -0.15) is 11.8 Å². The Kier molecular flexibility index (Phi) is 11.9. The number of thioether (sulfide) groups is 1. The topological polar surface area (TPSA) is 41.5 Å². The molecule has 2 N–H and O–H groups in total. The molecular weight excluding hydrogens is 222 g/mol.